The van der Waals surface area contributed by atoms with Crippen LogP contribution in [0.15, 0.2) is 0 Å². The number of carbonyl (C=O) groups is 1. The van der Waals surface area contributed by atoms with Crippen LogP contribution in [0.1, 0.15) is 52.9 Å². The molecule has 0 saturated carbocycles. The highest BCUT2D eigenvalue weighted by atomic mass is 16.2. The highest BCUT2D eigenvalue weighted by Gasteiger charge is 2.28. The number of rotatable bonds is 9. The molecule has 1 heterocycles. The summed E-state index contributed by atoms with van der Waals surface area (Å²) in [4.78, 5) is 14.2. The topological polar surface area (TPSA) is 44.4 Å². The van der Waals surface area contributed by atoms with E-state index in [-0.39, 0.29) is 5.91 Å². The molecule has 1 aliphatic heterocycles. The van der Waals surface area contributed by atoms with Crippen molar-refractivity contribution in [3.8, 4) is 0 Å². The molecule has 2 atom stereocenters. The summed E-state index contributed by atoms with van der Waals surface area (Å²) in [5.41, 5.74) is 0. The fourth-order valence-corrected chi connectivity index (χ4v) is 2.93. The van der Waals surface area contributed by atoms with Crippen molar-refractivity contribution >= 4 is 5.91 Å². The van der Waals surface area contributed by atoms with Crippen LogP contribution < -0.4 is 10.6 Å². The summed E-state index contributed by atoms with van der Waals surface area (Å²) in [5.74, 6) is 0.868. The Morgan fingerprint density at radius 2 is 2.00 bits per heavy atom. The van der Waals surface area contributed by atoms with Crippen LogP contribution in [-0.4, -0.2) is 49.6 Å². The Hall–Kier alpha value is -0.610. The summed E-state index contributed by atoms with van der Waals surface area (Å²) in [6, 6.07) is 0.638. The van der Waals surface area contributed by atoms with Crippen molar-refractivity contribution < 1.29 is 4.79 Å². The first-order chi connectivity index (χ1) is 9.71. The number of likely N-dealkylation sites (tertiary alicyclic amines) is 1. The molecule has 0 radical (unpaired) electrons. The molecule has 0 aromatic carbocycles. The molecule has 1 aliphatic rings. The molecule has 4 heteroatoms. The molecule has 0 aromatic heterocycles. The van der Waals surface area contributed by atoms with Crippen molar-refractivity contribution in [2.24, 2.45) is 5.92 Å². The summed E-state index contributed by atoms with van der Waals surface area (Å²) in [6.45, 7) is 11.2. The van der Waals surface area contributed by atoms with Crippen molar-refractivity contribution in [1.29, 1.82) is 0 Å². The maximum absolute atomic E-state index is 11.9. The second-order valence-electron chi connectivity index (χ2n) is 5.96. The quantitative estimate of drug-likeness (QED) is 0.636. The van der Waals surface area contributed by atoms with E-state index in [0.717, 1.165) is 39.0 Å². The number of hydrogen-bond donors (Lipinski definition) is 2. The number of nitrogens with zero attached hydrogens (tertiary/aromatic N) is 1. The van der Waals surface area contributed by atoms with Crippen LogP contribution in [0.3, 0.4) is 0 Å². The third-order valence-corrected chi connectivity index (χ3v) is 4.22. The maximum atomic E-state index is 11.9. The lowest BCUT2D eigenvalue weighted by atomic mass is 9.90. The van der Waals surface area contributed by atoms with Gasteiger partial charge in [-0.25, -0.2) is 0 Å². The van der Waals surface area contributed by atoms with E-state index in [1.54, 1.807) is 0 Å². The van der Waals surface area contributed by atoms with Crippen LogP contribution in [0.5, 0.6) is 0 Å². The number of piperidine rings is 1. The monoisotopic (exact) mass is 283 g/mol. The van der Waals surface area contributed by atoms with E-state index in [1.165, 1.54) is 19.3 Å². The molecule has 1 rings (SSSR count). The van der Waals surface area contributed by atoms with Gasteiger partial charge in [0.1, 0.15) is 0 Å². The van der Waals surface area contributed by atoms with Gasteiger partial charge in [-0.1, -0.05) is 33.6 Å². The number of unbranched alkanes of at least 4 members (excludes halogenated alkanes) is 1. The lowest BCUT2D eigenvalue weighted by Crippen LogP contribution is -2.51. The van der Waals surface area contributed by atoms with Crippen LogP contribution in [0.25, 0.3) is 0 Å². The number of amides is 1. The Labute approximate surface area is 124 Å². The average Bonchev–Trinajstić information content (AvgIpc) is 2.46. The van der Waals surface area contributed by atoms with E-state index in [2.05, 4.69) is 36.3 Å². The van der Waals surface area contributed by atoms with E-state index >= 15 is 0 Å². The minimum atomic E-state index is 0.188. The summed E-state index contributed by atoms with van der Waals surface area (Å²) >= 11 is 0. The molecule has 0 aromatic rings. The Morgan fingerprint density at radius 3 is 2.65 bits per heavy atom. The SMILES string of the molecule is CCCCNC(=O)CN1CCC(NCCC)C(CC)C1. The second-order valence-corrected chi connectivity index (χ2v) is 5.96. The van der Waals surface area contributed by atoms with Crippen LogP contribution in [-0.2, 0) is 4.79 Å². The minimum Gasteiger partial charge on any atom is -0.355 e. The highest BCUT2D eigenvalue weighted by molar-refractivity contribution is 5.77. The molecule has 2 unspecified atom stereocenters. The molecule has 20 heavy (non-hydrogen) atoms. The third kappa shape index (κ3) is 6.23. The Morgan fingerprint density at radius 1 is 1.20 bits per heavy atom. The van der Waals surface area contributed by atoms with Gasteiger partial charge < -0.3 is 10.6 Å². The molecular weight excluding hydrogens is 250 g/mol. The minimum absolute atomic E-state index is 0.188. The van der Waals surface area contributed by atoms with Crippen LogP contribution in [0.2, 0.25) is 0 Å². The predicted octanol–water partition coefficient (Wildman–Crippen LogP) is 2.00. The van der Waals surface area contributed by atoms with Crippen molar-refractivity contribution in [3.05, 3.63) is 0 Å². The molecule has 118 valence electrons. The first kappa shape index (κ1) is 17.4. The van der Waals surface area contributed by atoms with E-state index in [1.807, 2.05) is 0 Å². The normalized spacial score (nSPS) is 23.8. The summed E-state index contributed by atoms with van der Waals surface area (Å²) in [6.07, 6.45) is 5.76. The third-order valence-electron chi connectivity index (χ3n) is 4.22. The lowest BCUT2D eigenvalue weighted by molar-refractivity contribution is -0.122. The van der Waals surface area contributed by atoms with Gasteiger partial charge in [0.15, 0.2) is 0 Å². The standard InChI is InChI=1S/C16H33N3O/c1-4-7-10-18-16(20)13-19-11-8-15(17-9-5-2)14(6-3)12-19/h14-15,17H,4-13H2,1-3H3,(H,18,20). The van der Waals surface area contributed by atoms with Gasteiger partial charge in [-0.2, -0.15) is 0 Å². The largest absolute Gasteiger partial charge is 0.355 e. The molecule has 1 amide bonds. The molecule has 4 nitrogen and oxygen atoms in total. The average molecular weight is 283 g/mol. The molecular formula is C16H33N3O. The highest BCUT2D eigenvalue weighted by Crippen LogP contribution is 2.20. The van der Waals surface area contributed by atoms with Crippen LogP contribution in [0, 0.1) is 5.92 Å². The van der Waals surface area contributed by atoms with Crippen LogP contribution >= 0.6 is 0 Å². The van der Waals surface area contributed by atoms with Gasteiger partial charge >= 0.3 is 0 Å². The van der Waals surface area contributed by atoms with Gasteiger partial charge in [-0.05, 0) is 31.7 Å². The van der Waals surface area contributed by atoms with Crippen LogP contribution in [0.4, 0.5) is 0 Å². The van der Waals surface area contributed by atoms with E-state index in [9.17, 15) is 4.79 Å². The molecule has 1 saturated heterocycles. The zero-order chi connectivity index (χ0) is 14.8. The molecule has 0 bridgehead atoms. The van der Waals surface area contributed by atoms with E-state index in [0.29, 0.717) is 18.5 Å². The summed E-state index contributed by atoms with van der Waals surface area (Å²) in [7, 11) is 0. The van der Waals surface area contributed by atoms with Gasteiger partial charge in [0.2, 0.25) is 5.91 Å². The Balaban J connectivity index is 2.30. The van der Waals surface area contributed by atoms with Crippen molar-refractivity contribution in [1.82, 2.24) is 15.5 Å². The first-order valence-electron chi connectivity index (χ1n) is 8.43. The zero-order valence-electron chi connectivity index (χ0n) is 13.6. The van der Waals surface area contributed by atoms with Gasteiger partial charge in [-0.3, -0.25) is 9.69 Å². The maximum Gasteiger partial charge on any atom is 0.234 e. The van der Waals surface area contributed by atoms with Crippen molar-refractivity contribution in [2.75, 3.05) is 32.7 Å². The molecule has 0 aliphatic carbocycles. The van der Waals surface area contributed by atoms with Gasteiger partial charge in [0.05, 0.1) is 6.54 Å². The number of nitrogens with one attached hydrogen (secondary N) is 2. The molecule has 2 N–H and O–H groups in total. The van der Waals surface area contributed by atoms with E-state index < -0.39 is 0 Å². The zero-order valence-corrected chi connectivity index (χ0v) is 13.6. The van der Waals surface area contributed by atoms with Gasteiger partial charge in [-0.15, -0.1) is 0 Å². The first-order valence-corrected chi connectivity index (χ1v) is 8.43. The van der Waals surface area contributed by atoms with Crippen molar-refractivity contribution in [3.63, 3.8) is 0 Å². The van der Waals surface area contributed by atoms with Crippen molar-refractivity contribution in [2.45, 2.75) is 58.9 Å². The summed E-state index contributed by atoms with van der Waals surface area (Å²) < 4.78 is 0. The fraction of sp³-hybridized carbons (Fsp3) is 0.938. The Bertz CT molecular complexity index is 270. The van der Waals surface area contributed by atoms with Gasteiger partial charge in [0, 0.05) is 25.7 Å². The predicted molar refractivity (Wildman–Crippen MR) is 84.8 cm³/mol. The lowest BCUT2D eigenvalue weighted by Gasteiger charge is -2.38. The molecule has 0 spiro atoms. The number of carbonyl (C=O) groups excluding carboxylic acids is 1. The Kier molecular flexibility index (Phi) is 8.86. The number of hydrogen-bond acceptors (Lipinski definition) is 3. The second kappa shape index (κ2) is 10.2. The smallest absolute Gasteiger partial charge is 0.234 e. The van der Waals surface area contributed by atoms with E-state index in [4.69, 9.17) is 0 Å². The molecule has 1 fully saturated rings. The fourth-order valence-electron chi connectivity index (χ4n) is 2.93. The summed E-state index contributed by atoms with van der Waals surface area (Å²) in [5, 5.41) is 6.67. The van der Waals surface area contributed by atoms with Gasteiger partial charge in [0.25, 0.3) is 0 Å².